The summed E-state index contributed by atoms with van der Waals surface area (Å²) in [5, 5.41) is 4.76. The van der Waals surface area contributed by atoms with Crippen LogP contribution in [0.15, 0.2) is 18.6 Å². The number of rotatable bonds is 8. The van der Waals surface area contributed by atoms with Crippen molar-refractivity contribution < 1.29 is 13.9 Å². The zero-order valence-electron chi connectivity index (χ0n) is 16.2. The van der Waals surface area contributed by atoms with Gasteiger partial charge in [-0.2, -0.15) is 9.49 Å². The summed E-state index contributed by atoms with van der Waals surface area (Å²) in [7, 11) is 0. The fourth-order valence-electron chi connectivity index (χ4n) is 4.52. The third kappa shape index (κ3) is 5.06. The number of carbonyl (C=O) groups is 1. The molecule has 0 aromatic carbocycles. The first kappa shape index (κ1) is 19.7. The molecule has 3 heterocycles. The molecule has 2 aliphatic rings. The van der Waals surface area contributed by atoms with Crippen molar-refractivity contribution in [3.8, 4) is 0 Å². The van der Waals surface area contributed by atoms with E-state index in [2.05, 4.69) is 16.3 Å². The average molecular weight is 406 g/mol. The Morgan fingerprint density at radius 2 is 2.00 bits per heavy atom. The molecule has 4 rings (SSSR count). The molecule has 1 aliphatic carbocycles. The van der Waals surface area contributed by atoms with E-state index in [1.165, 1.54) is 37.4 Å². The maximum Gasteiger partial charge on any atom is 0.196 e. The van der Waals surface area contributed by atoms with Crippen LogP contribution in [-0.4, -0.2) is 33.8 Å². The Morgan fingerprint density at radius 3 is 2.71 bits per heavy atom. The van der Waals surface area contributed by atoms with Gasteiger partial charge >= 0.3 is 0 Å². The van der Waals surface area contributed by atoms with Crippen molar-refractivity contribution in [3.63, 3.8) is 0 Å². The van der Waals surface area contributed by atoms with Gasteiger partial charge in [0.25, 0.3) is 0 Å². The Hall–Kier alpha value is -1.60. The number of aromatic nitrogens is 3. The van der Waals surface area contributed by atoms with Gasteiger partial charge in [-0.15, -0.1) is 0 Å². The Morgan fingerprint density at radius 1 is 1.21 bits per heavy atom. The van der Waals surface area contributed by atoms with E-state index in [0.717, 1.165) is 56.2 Å². The maximum absolute atomic E-state index is 13.3. The normalized spacial score (nSPS) is 19.9. The van der Waals surface area contributed by atoms with Crippen LogP contribution in [0.2, 0.25) is 0 Å². The molecule has 0 amide bonds. The summed E-state index contributed by atoms with van der Waals surface area (Å²) in [4.78, 5) is 17.1. The molecule has 1 saturated heterocycles. The second-order valence-electron chi connectivity index (χ2n) is 8.19. The summed E-state index contributed by atoms with van der Waals surface area (Å²) in [6, 6.07) is -0.313. The van der Waals surface area contributed by atoms with E-state index in [1.807, 2.05) is 10.9 Å². The molecule has 2 aromatic rings. The van der Waals surface area contributed by atoms with E-state index >= 15 is 0 Å². The van der Waals surface area contributed by atoms with Crippen molar-refractivity contribution >= 4 is 17.1 Å². The Balaban J connectivity index is 1.48. The highest BCUT2D eigenvalue weighted by molar-refractivity contribution is 7.10. The minimum atomic E-state index is -0.346. The molecule has 28 heavy (non-hydrogen) atoms. The second kappa shape index (κ2) is 9.27. The van der Waals surface area contributed by atoms with Gasteiger partial charge in [-0.25, -0.2) is 4.98 Å². The smallest absolute Gasteiger partial charge is 0.196 e. The van der Waals surface area contributed by atoms with Gasteiger partial charge in [-0.1, -0.05) is 37.0 Å². The van der Waals surface area contributed by atoms with Crippen molar-refractivity contribution in [1.29, 1.82) is 0 Å². The molecule has 1 atom stereocenters. The quantitative estimate of drug-likeness (QED) is 0.654. The SMILES string of the molecule is O=C(Cc1ncc(F)s1)[C@H](CC1CCOCC1)n1cc(CC2CCCC2)cn1. The molecule has 0 N–H and O–H groups in total. The zero-order chi connectivity index (χ0) is 19.3. The number of hydrogen-bond donors (Lipinski definition) is 0. The van der Waals surface area contributed by atoms with Crippen molar-refractivity contribution in [2.24, 2.45) is 11.8 Å². The molecule has 0 radical (unpaired) electrons. The summed E-state index contributed by atoms with van der Waals surface area (Å²) in [5.41, 5.74) is 1.22. The summed E-state index contributed by atoms with van der Waals surface area (Å²) < 4.78 is 20.6. The van der Waals surface area contributed by atoms with Gasteiger partial charge in [-0.05, 0) is 43.1 Å². The van der Waals surface area contributed by atoms with Gasteiger partial charge < -0.3 is 4.74 Å². The van der Waals surface area contributed by atoms with E-state index in [4.69, 9.17) is 4.74 Å². The number of Topliss-reactive ketones (excluding diaryl/α,β-unsaturated/α-hetero) is 1. The van der Waals surface area contributed by atoms with Crippen molar-refractivity contribution in [1.82, 2.24) is 14.8 Å². The van der Waals surface area contributed by atoms with Crippen molar-refractivity contribution in [2.45, 2.75) is 63.8 Å². The summed E-state index contributed by atoms with van der Waals surface area (Å²) in [6.07, 6.45) is 14.4. The molecule has 1 aliphatic heterocycles. The zero-order valence-corrected chi connectivity index (χ0v) is 17.0. The van der Waals surface area contributed by atoms with Crippen LogP contribution < -0.4 is 0 Å². The first-order chi connectivity index (χ1) is 13.7. The predicted molar refractivity (Wildman–Crippen MR) is 106 cm³/mol. The van der Waals surface area contributed by atoms with Gasteiger partial charge in [-0.3, -0.25) is 9.48 Å². The number of ether oxygens (including phenoxy) is 1. The van der Waals surface area contributed by atoms with E-state index < -0.39 is 0 Å². The first-order valence-electron chi connectivity index (χ1n) is 10.4. The number of ketones is 1. The molecule has 0 bridgehead atoms. The lowest BCUT2D eigenvalue weighted by Gasteiger charge is -2.26. The number of hydrogen-bond acceptors (Lipinski definition) is 5. The van der Waals surface area contributed by atoms with E-state index in [9.17, 15) is 9.18 Å². The van der Waals surface area contributed by atoms with Gasteiger partial charge in [0.1, 0.15) is 11.0 Å². The second-order valence-corrected chi connectivity index (χ2v) is 9.26. The van der Waals surface area contributed by atoms with E-state index in [-0.39, 0.29) is 23.4 Å². The largest absolute Gasteiger partial charge is 0.381 e. The lowest BCUT2D eigenvalue weighted by atomic mass is 9.90. The van der Waals surface area contributed by atoms with Crippen LogP contribution in [0, 0.1) is 17.0 Å². The standard InChI is InChI=1S/C21H28FN3O2S/c22-20-13-23-21(28-20)11-19(26)18(10-16-5-7-27-8-6-16)25-14-17(12-24-25)9-15-3-1-2-4-15/h12-16,18H,1-11H2/t18-/m0/s1. The molecule has 2 fully saturated rings. The molecular weight excluding hydrogens is 377 g/mol. The number of thiazole rings is 1. The topological polar surface area (TPSA) is 57.0 Å². The molecule has 2 aromatic heterocycles. The molecule has 5 nitrogen and oxygen atoms in total. The molecule has 0 spiro atoms. The van der Waals surface area contributed by atoms with Gasteiger partial charge in [0, 0.05) is 19.4 Å². The fourth-order valence-corrected chi connectivity index (χ4v) is 5.17. The molecule has 7 heteroatoms. The minimum absolute atomic E-state index is 0.0661. The summed E-state index contributed by atoms with van der Waals surface area (Å²) in [6.45, 7) is 1.52. The maximum atomic E-state index is 13.3. The van der Waals surface area contributed by atoms with Crippen LogP contribution in [0.3, 0.4) is 0 Å². The third-order valence-electron chi connectivity index (χ3n) is 6.09. The van der Waals surface area contributed by atoms with Crippen LogP contribution >= 0.6 is 11.3 Å². The highest BCUT2D eigenvalue weighted by atomic mass is 32.1. The van der Waals surface area contributed by atoms with Gasteiger partial charge in [0.2, 0.25) is 0 Å². The fraction of sp³-hybridized carbons (Fsp3) is 0.667. The lowest BCUT2D eigenvalue weighted by Crippen LogP contribution is -2.27. The van der Waals surface area contributed by atoms with Crippen LogP contribution in [0.5, 0.6) is 0 Å². The van der Waals surface area contributed by atoms with E-state index in [0.29, 0.717) is 10.9 Å². The Labute approximate surface area is 169 Å². The monoisotopic (exact) mass is 405 g/mol. The summed E-state index contributed by atoms with van der Waals surface area (Å²) in [5.74, 6) is 1.27. The molecular formula is C21H28FN3O2S. The van der Waals surface area contributed by atoms with Crippen LogP contribution in [0.4, 0.5) is 4.39 Å². The number of carbonyl (C=O) groups excluding carboxylic acids is 1. The van der Waals surface area contributed by atoms with Crippen molar-refractivity contribution in [3.05, 3.63) is 34.3 Å². The third-order valence-corrected chi connectivity index (χ3v) is 6.88. The predicted octanol–water partition coefficient (Wildman–Crippen LogP) is 4.38. The van der Waals surface area contributed by atoms with Crippen LogP contribution in [0.25, 0.3) is 0 Å². The minimum Gasteiger partial charge on any atom is -0.381 e. The number of nitrogens with zero attached hydrogens (tertiary/aromatic N) is 3. The van der Waals surface area contributed by atoms with Crippen LogP contribution in [-0.2, 0) is 22.4 Å². The summed E-state index contributed by atoms with van der Waals surface area (Å²) >= 11 is 0.953. The Kier molecular flexibility index (Phi) is 6.52. The van der Waals surface area contributed by atoms with Gasteiger partial charge in [0.15, 0.2) is 10.9 Å². The lowest BCUT2D eigenvalue weighted by molar-refractivity contribution is -0.122. The van der Waals surface area contributed by atoms with E-state index in [1.54, 1.807) is 0 Å². The molecule has 152 valence electrons. The van der Waals surface area contributed by atoms with Gasteiger partial charge in [0.05, 0.1) is 18.8 Å². The molecule has 1 saturated carbocycles. The molecule has 0 unspecified atom stereocenters. The van der Waals surface area contributed by atoms with Crippen LogP contribution in [0.1, 0.15) is 61.6 Å². The highest BCUT2D eigenvalue weighted by Crippen LogP contribution is 2.30. The van der Waals surface area contributed by atoms with Crippen molar-refractivity contribution in [2.75, 3.05) is 13.2 Å². The number of halogens is 1. The average Bonchev–Trinajstić information content (AvgIpc) is 3.44. The first-order valence-corrected chi connectivity index (χ1v) is 11.2. The Bertz CT molecular complexity index is 778. The highest BCUT2D eigenvalue weighted by Gasteiger charge is 2.28.